The lowest BCUT2D eigenvalue weighted by Crippen LogP contribution is -2.36. The number of hydrogen-bond acceptors (Lipinski definition) is 4. The molecule has 1 aliphatic rings. The Morgan fingerprint density at radius 2 is 2.04 bits per heavy atom. The molecule has 2 aromatic rings. The van der Waals surface area contributed by atoms with Crippen LogP contribution in [0.5, 0.6) is 0 Å². The number of aromatic nitrogens is 1. The van der Waals surface area contributed by atoms with E-state index in [0.717, 1.165) is 29.0 Å². The normalized spacial score (nSPS) is 13.2. The number of amides is 3. The number of urea groups is 1. The molecule has 0 unspecified atom stereocenters. The number of nitrogens with one attached hydrogen (secondary N) is 1. The van der Waals surface area contributed by atoms with Crippen molar-refractivity contribution in [1.82, 2.24) is 9.88 Å². The second-order valence-corrected chi connectivity index (χ2v) is 7.35. The first-order valence-electron chi connectivity index (χ1n) is 8.60. The van der Waals surface area contributed by atoms with Gasteiger partial charge in [0.25, 0.3) is 0 Å². The summed E-state index contributed by atoms with van der Waals surface area (Å²) >= 11 is 1.51. The molecule has 26 heavy (non-hydrogen) atoms. The number of pyridine rings is 1. The molecule has 0 spiro atoms. The van der Waals surface area contributed by atoms with Crippen LogP contribution in [0, 0.1) is 0 Å². The van der Waals surface area contributed by atoms with Gasteiger partial charge >= 0.3 is 6.03 Å². The fraction of sp³-hybridized carbons (Fsp3) is 0.316. The van der Waals surface area contributed by atoms with Crippen molar-refractivity contribution < 1.29 is 9.59 Å². The van der Waals surface area contributed by atoms with E-state index >= 15 is 0 Å². The summed E-state index contributed by atoms with van der Waals surface area (Å²) in [6.45, 7) is 0.543. The number of benzene rings is 1. The zero-order chi connectivity index (χ0) is 18.4. The van der Waals surface area contributed by atoms with E-state index in [1.54, 1.807) is 12.4 Å². The highest BCUT2D eigenvalue weighted by molar-refractivity contribution is 7.99. The van der Waals surface area contributed by atoms with Crippen LogP contribution in [0.25, 0.3) is 0 Å². The molecule has 7 heteroatoms. The van der Waals surface area contributed by atoms with Crippen molar-refractivity contribution in [3.63, 3.8) is 0 Å². The number of rotatable bonds is 8. The van der Waals surface area contributed by atoms with E-state index in [9.17, 15) is 9.59 Å². The second-order valence-electron chi connectivity index (χ2n) is 6.21. The molecule has 0 radical (unpaired) electrons. The van der Waals surface area contributed by atoms with Gasteiger partial charge in [0.15, 0.2) is 0 Å². The minimum absolute atomic E-state index is 0.112. The Labute approximate surface area is 157 Å². The fourth-order valence-electron chi connectivity index (χ4n) is 2.59. The van der Waals surface area contributed by atoms with E-state index in [-0.39, 0.29) is 18.0 Å². The molecule has 136 valence electrons. The van der Waals surface area contributed by atoms with Crippen molar-refractivity contribution in [2.24, 2.45) is 5.73 Å². The predicted molar refractivity (Wildman–Crippen MR) is 103 cm³/mol. The Morgan fingerprint density at radius 3 is 2.73 bits per heavy atom. The van der Waals surface area contributed by atoms with Crippen LogP contribution in [-0.2, 0) is 11.3 Å². The Bertz CT molecular complexity index is 765. The lowest BCUT2D eigenvalue weighted by molar-refractivity contribution is -0.117. The number of nitrogens with zero attached hydrogens (tertiary/aromatic N) is 2. The maximum Gasteiger partial charge on any atom is 0.322 e. The van der Waals surface area contributed by atoms with E-state index in [0.29, 0.717) is 18.7 Å². The molecular formula is C19H22N4O2S. The number of anilines is 1. The van der Waals surface area contributed by atoms with Gasteiger partial charge < -0.3 is 16.0 Å². The van der Waals surface area contributed by atoms with E-state index in [4.69, 9.17) is 5.73 Å². The molecular weight excluding hydrogens is 348 g/mol. The van der Waals surface area contributed by atoms with Gasteiger partial charge in [0, 0.05) is 42.0 Å². The SMILES string of the molecule is NC(=O)CCSc1ccccc1NC(=O)N(Cc1cccnc1)C1CC1. The van der Waals surface area contributed by atoms with Crippen molar-refractivity contribution >= 4 is 29.4 Å². The average Bonchev–Trinajstić information content (AvgIpc) is 3.46. The third kappa shape index (κ3) is 5.23. The molecule has 0 aliphatic heterocycles. The molecule has 0 saturated heterocycles. The second kappa shape index (κ2) is 8.71. The van der Waals surface area contributed by atoms with Gasteiger partial charge in [-0.3, -0.25) is 9.78 Å². The van der Waals surface area contributed by atoms with E-state index in [1.165, 1.54) is 11.8 Å². The summed E-state index contributed by atoms with van der Waals surface area (Å²) in [5, 5.41) is 3.02. The van der Waals surface area contributed by atoms with Crippen molar-refractivity contribution in [3.8, 4) is 0 Å². The minimum atomic E-state index is -0.324. The number of thioether (sulfide) groups is 1. The van der Waals surface area contributed by atoms with Gasteiger partial charge in [-0.2, -0.15) is 0 Å². The molecule has 3 rings (SSSR count). The molecule has 1 fully saturated rings. The Kier molecular flexibility index (Phi) is 6.12. The number of hydrogen-bond donors (Lipinski definition) is 2. The van der Waals surface area contributed by atoms with Crippen molar-refractivity contribution in [3.05, 3.63) is 54.4 Å². The molecule has 1 aromatic carbocycles. The Balaban J connectivity index is 1.66. The van der Waals surface area contributed by atoms with Crippen LogP contribution in [-0.4, -0.2) is 33.6 Å². The monoisotopic (exact) mass is 370 g/mol. The molecule has 0 atom stereocenters. The highest BCUT2D eigenvalue weighted by atomic mass is 32.2. The Hall–Kier alpha value is -2.54. The number of nitrogens with two attached hydrogens (primary N) is 1. The van der Waals surface area contributed by atoms with E-state index in [2.05, 4.69) is 10.3 Å². The molecule has 3 amide bonds. The third-order valence-electron chi connectivity index (χ3n) is 4.06. The van der Waals surface area contributed by atoms with Crippen LogP contribution < -0.4 is 11.1 Å². The first-order chi connectivity index (χ1) is 12.6. The van der Waals surface area contributed by atoms with Crippen LogP contribution in [0.3, 0.4) is 0 Å². The van der Waals surface area contributed by atoms with Crippen molar-refractivity contribution in [1.29, 1.82) is 0 Å². The van der Waals surface area contributed by atoms with Crippen LogP contribution in [0.4, 0.5) is 10.5 Å². The van der Waals surface area contributed by atoms with E-state index in [1.807, 2.05) is 41.3 Å². The number of primary amides is 1. The van der Waals surface area contributed by atoms with Crippen molar-refractivity contribution in [2.45, 2.75) is 36.7 Å². The molecule has 1 aliphatic carbocycles. The number of carbonyl (C=O) groups excluding carboxylic acids is 2. The maximum absolute atomic E-state index is 12.8. The fourth-order valence-corrected chi connectivity index (χ4v) is 3.56. The molecule has 1 aromatic heterocycles. The summed E-state index contributed by atoms with van der Waals surface area (Å²) in [6, 6.07) is 11.6. The summed E-state index contributed by atoms with van der Waals surface area (Å²) in [6.07, 6.45) is 5.88. The van der Waals surface area contributed by atoms with Gasteiger partial charge in [0.2, 0.25) is 5.91 Å². The van der Waals surface area contributed by atoms with Crippen molar-refractivity contribution in [2.75, 3.05) is 11.1 Å². The highest BCUT2D eigenvalue weighted by Crippen LogP contribution is 2.31. The average molecular weight is 370 g/mol. The summed E-state index contributed by atoms with van der Waals surface area (Å²) < 4.78 is 0. The van der Waals surface area contributed by atoms with Gasteiger partial charge in [-0.1, -0.05) is 18.2 Å². The number of carbonyl (C=O) groups is 2. The third-order valence-corrected chi connectivity index (χ3v) is 5.13. The van der Waals surface area contributed by atoms with Crippen LogP contribution >= 0.6 is 11.8 Å². The topological polar surface area (TPSA) is 88.3 Å². The summed E-state index contributed by atoms with van der Waals surface area (Å²) in [5.74, 6) is 0.264. The first kappa shape index (κ1) is 18.3. The molecule has 6 nitrogen and oxygen atoms in total. The zero-order valence-electron chi connectivity index (χ0n) is 14.4. The summed E-state index contributed by atoms with van der Waals surface area (Å²) in [7, 11) is 0. The maximum atomic E-state index is 12.8. The zero-order valence-corrected chi connectivity index (χ0v) is 15.2. The van der Waals surface area contributed by atoms with Crippen LogP contribution in [0.1, 0.15) is 24.8 Å². The summed E-state index contributed by atoms with van der Waals surface area (Å²) in [4.78, 5) is 30.7. The van der Waals surface area contributed by atoms with Gasteiger partial charge in [-0.05, 0) is 36.6 Å². The highest BCUT2D eigenvalue weighted by Gasteiger charge is 2.32. The smallest absolute Gasteiger partial charge is 0.322 e. The lowest BCUT2D eigenvalue weighted by Gasteiger charge is -2.23. The number of para-hydroxylation sites is 1. The minimum Gasteiger partial charge on any atom is -0.370 e. The van der Waals surface area contributed by atoms with Crippen LogP contribution in [0.2, 0.25) is 0 Å². The van der Waals surface area contributed by atoms with Crippen LogP contribution in [0.15, 0.2) is 53.7 Å². The summed E-state index contributed by atoms with van der Waals surface area (Å²) in [5.41, 5.74) is 6.96. The molecule has 1 heterocycles. The lowest BCUT2D eigenvalue weighted by atomic mass is 10.2. The predicted octanol–water partition coefficient (Wildman–Crippen LogP) is 3.25. The first-order valence-corrected chi connectivity index (χ1v) is 9.58. The molecule has 0 bridgehead atoms. The van der Waals surface area contributed by atoms with Gasteiger partial charge in [-0.25, -0.2) is 4.79 Å². The van der Waals surface area contributed by atoms with E-state index < -0.39 is 0 Å². The van der Waals surface area contributed by atoms with Gasteiger partial charge in [0.1, 0.15) is 0 Å². The van der Waals surface area contributed by atoms with Gasteiger partial charge in [-0.15, -0.1) is 11.8 Å². The molecule has 3 N–H and O–H groups in total. The quantitative estimate of drug-likeness (QED) is 0.698. The standard InChI is InChI=1S/C19H22N4O2S/c20-18(24)9-11-26-17-6-2-1-5-16(17)22-19(25)23(15-7-8-15)13-14-4-3-10-21-12-14/h1-6,10,12,15H,7-9,11,13H2,(H2,20,24)(H,22,25). The van der Waals surface area contributed by atoms with Gasteiger partial charge in [0.05, 0.1) is 5.69 Å². The Morgan fingerprint density at radius 1 is 1.23 bits per heavy atom. The molecule has 1 saturated carbocycles. The largest absolute Gasteiger partial charge is 0.370 e.